The van der Waals surface area contributed by atoms with E-state index in [-0.39, 0.29) is 17.0 Å². The highest BCUT2D eigenvalue weighted by atomic mass is 19.3. The first-order valence-electron chi connectivity index (χ1n) is 9.28. The monoisotopic (exact) mass is 398 g/mol. The summed E-state index contributed by atoms with van der Waals surface area (Å²) in [5.74, 6) is 0.516. The number of aliphatic imine (C=N–C) groups is 1. The van der Waals surface area contributed by atoms with Crippen LogP contribution in [0.2, 0.25) is 0 Å². The predicted molar refractivity (Wildman–Crippen MR) is 111 cm³/mol. The van der Waals surface area contributed by atoms with Crippen LogP contribution in [0.3, 0.4) is 0 Å². The number of carbonyl (C=O) groups is 1. The standard InChI is InChI=1S/C23H24F2N2O2/c1-3-14-29-18(2)15-21(16-27(17-28)23(24)25)26-22(19-10-6-4-7-11-19)20-12-8-5-9-13-20/h4-13,15-17,23H,3,14H2,1-2H3/b18-15+,21-16+. The molecule has 0 bridgehead atoms. The topological polar surface area (TPSA) is 41.9 Å². The van der Waals surface area contributed by atoms with Crippen molar-refractivity contribution in [2.45, 2.75) is 26.8 Å². The quantitative estimate of drug-likeness (QED) is 0.177. The molecule has 1 amide bonds. The first kappa shape index (κ1) is 22.0. The van der Waals surface area contributed by atoms with Crippen LogP contribution in [0.5, 0.6) is 0 Å². The molecule has 0 fully saturated rings. The fraction of sp³-hybridized carbons (Fsp3) is 0.217. The molecular formula is C23H24F2N2O2. The molecule has 0 aliphatic rings. The van der Waals surface area contributed by atoms with Crippen molar-refractivity contribution in [3.8, 4) is 0 Å². The number of ether oxygens (including phenoxy) is 1. The predicted octanol–water partition coefficient (Wildman–Crippen LogP) is 5.38. The van der Waals surface area contributed by atoms with Gasteiger partial charge in [-0.15, -0.1) is 0 Å². The average molecular weight is 398 g/mol. The Labute approximate surface area is 169 Å². The van der Waals surface area contributed by atoms with Crippen molar-refractivity contribution in [2.24, 2.45) is 4.99 Å². The van der Waals surface area contributed by atoms with Gasteiger partial charge in [-0.2, -0.15) is 8.78 Å². The summed E-state index contributed by atoms with van der Waals surface area (Å²) in [5.41, 5.74) is 2.41. The van der Waals surface area contributed by atoms with E-state index in [2.05, 4.69) is 4.99 Å². The van der Waals surface area contributed by atoms with Gasteiger partial charge in [0.2, 0.25) is 6.41 Å². The Morgan fingerprint density at radius 1 is 1.07 bits per heavy atom. The van der Waals surface area contributed by atoms with Crippen LogP contribution < -0.4 is 0 Å². The van der Waals surface area contributed by atoms with Crippen molar-refractivity contribution in [1.82, 2.24) is 4.90 Å². The number of amides is 1. The van der Waals surface area contributed by atoms with Gasteiger partial charge in [0, 0.05) is 23.4 Å². The maximum atomic E-state index is 13.1. The number of halogens is 2. The molecule has 0 radical (unpaired) electrons. The molecular weight excluding hydrogens is 374 g/mol. The van der Waals surface area contributed by atoms with E-state index in [1.54, 1.807) is 13.0 Å². The Balaban J connectivity index is 2.59. The largest absolute Gasteiger partial charge is 0.498 e. The lowest BCUT2D eigenvalue weighted by atomic mass is 10.0. The van der Waals surface area contributed by atoms with Gasteiger partial charge in [-0.1, -0.05) is 67.6 Å². The Morgan fingerprint density at radius 3 is 2.07 bits per heavy atom. The molecule has 2 aromatic carbocycles. The Hall–Kier alpha value is -3.28. The summed E-state index contributed by atoms with van der Waals surface area (Å²) >= 11 is 0. The van der Waals surface area contributed by atoms with E-state index in [0.29, 0.717) is 18.1 Å². The normalized spacial score (nSPS) is 11.9. The summed E-state index contributed by atoms with van der Waals surface area (Å²) < 4.78 is 31.8. The second-order valence-electron chi connectivity index (χ2n) is 6.18. The van der Waals surface area contributed by atoms with E-state index < -0.39 is 6.55 Å². The van der Waals surface area contributed by atoms with Gasteiger partial charge in [-0.25, -0.2) is 4.99 Å². The second kappa shape index (κ2) is 11.5. The van der Waals surface area contributed by atoms with Gasteiger partial charge in [-0.05, 0) is 13.3 Å². The molecule has 0 saturated carbocycles. The minimum absolute atomic E-state index is 0.0704. The highest BCUT2D eigenvalue weighted by Gasteiger charge is 2.13. The molecule has 0 saturated heterocycles. The van der Waals surface area contributed by atoms with E-state index in [1.165, 1.54) is 0 Å². The van der Waals surface area contributed by atoms with Crippen LogP contribution in [0, 0.1) is 0 Å². The van der Waals surface area contributed by atoms with Crippen LogP contribution in [0.1, 0.15) is 31.4 Å². The molecule has 0 heterocycles. The molecule has 0 aromatic heterocycles. The van der Waals surface area contributed by atoms with Crippen molar-refractivity contribution < 1.29 is 18.3 Å². The summed E-state index contributed by atoms with van der Waals surface area (Å²) in [6.07, 6.45) is 3.44. The molecule has 0 N–H and O–H groups in total. The minimum atomic E-state index is -2.97. The molecule has 2 aromatic rings. The van der Waals surface area contributed by atoms with Crippen molar-refractivity contribution in [3.63, 3.8) is 0 Å². The van der Waals surface area contributed by atoms with Crippen LogP contribution in [-0.4, -0.2) is 30.2 Å². The molecule has 0 aliphatic carbocycles. The van der Waals surface area contributed by atoms with Gasteiger partial charge in [0.15, 0.2) is 0 Å². The molecule has 0 unspecified atom stereocenters. The van der Waals surface area contributed by atoms with Crippen molar-refractivity contribution in [2.75, 3.05) is 6.61 Å². The zero-order valence-corrected chi connectivity index (χ0v) is 16.5. The summed E-state index contributed by atoms with van der Waals surface area (Å²) in [4.78, 5) is 16.0. The van der Waals surface area contributed by atoms with Crippen molar-refractivity contribution in [3.05, 3.63) is 95.5 Å². The fourth-order valence-corrected chi connectivity index (χ4v) is 2.51. The summed E-state index contributed by atoms with van der Waals surface area (Å²) in [6.45, 7) is 1.21. The minimum Gasteiger partial charge on any atom is -0.498 e. The molecule has 29 heavy (non-hydrogen) atoms. The third kappa shape index (κ3) is 6.99. The molecule has 0 spiro atoms. The maximum absolute atomic E-state index is 13.1. The van der Waals surface area contributed by atoms with Gasteiger partial charge in [0.1, 0.15) is 0 Å². The lowest BCUT2D eigenvalue weighted by Crippen LogP contribution is -2.21. The average Bonchev–Trinajstić information content (AvgIpc) is 2.75. The van der Waals surface area contributed by atoms with E-state index in [9.17, 15) is 13.6 Å². The summed E-state index contributed by atoms with van der Waals surface area (Å²) in [6, 6.07) is 18.8. The van der Waals surface area contributed by atoms with Crippen LogP contribution in [0.25, 0.3) is 0 Å². The second-order valence-corrected chi connectivity index (χ2v) is 6.18. The van der Waals surface area contributed by atoms with Crippen LogP contribution in [0.4, 0.5) is 8.78 Å². The number of rotatable bonds is 10. The van der Waals surface area contributed by atoms with Gasteiger partial charge in [-0.3, -0.25) is 9.69 Å². The number of hydrogen-bond donors (Lipinski definition) is 0. The third-order valence-electron chi connectivity index (χ3n) is 3.85. The molecule has 152 valence electrons. The molecule has 0 atom stereocenters. The first-order valence-corrected chi connectivity index (χ1v) is 9.28. The summed E-state index contributed by atoms with van der Waals surface area (Å²) in [7, 11) is 0. The first-order chi connectivity index (χ1) is 14.0. The summed E-state index contributed by atoms with van der Waals surface area (Å²) in [5, 5.41) is 0. The number of allylic oxidation sites excluding steroid dienone is 2. The van der Waals surface area contributed by atoms with Gasteiger partial charge in [0.25, 0.3) is 0 Å². The Kier molecular flexibility index (Phi) is 8.76. The highest BCUT2D eigenvalue weighted by molar-refractivity contribution is 6.13. The lowest BCUT2D eigenvalue weighted by Gasteiger charge is -2.13. The maximum Gasteiger partial charge on any atom is 0.320 e. The van der Waals surface area contributed by atoms with Crippen molar-refractivity contribution in [1.29, 1.82) is 0 Å². The van der Waals surface area contributed by atoms with E-state index in [4.69, 9.17) is 4.74 Å². The molecule has 2 rings (SSSR count). The molecule has 0 aliphatic heterocycles. The Morgan fingerprint density at radius 2 is 1.62 bits per heavy atom. The van der Waals surface area contributed by atoms with Gasteiger partial charge >= 0.3 is 6.55 Å². The number of alkyl halides is 2. The van der Waals surface area contributed by atoms with Crippen LogP contribution >= 0.6 is 0 Å². The van der Waals surface area contributed by atoms with Crippen LogP contribution in [-0.2, 0) is 9.53 Å². The third-order valence-corrected chi connectivity index (χ3v) is 3.85. The number of carbonyl (C=O) groups excluding carboxylic acids is 1. The zero-order chi connectivity index (χ0) is 21.1. The van der Waals surface area contributed by atoms with Gasteiger partial charge in [0.05, 0.1) is 23.8 Å². The molecule has 6 heteroatoms. The van der Waals surface area contributed by atoms with E-state index in [1.807, 2.05) is 67.6 Å². The lowest BCUT2D eigenvalue weighted by molar-refractivity contribution is -0.125. The number of hydrogen-bond acceptors (Lipinski definition) is 3. The van der Waals surface area contributed by atoms with E-state index in [0.717, 1.165) is 23.7 Å². The van der Waals surface area contributed by atoms with Crippen molar-refractivity contribution >= 4 is 12.1 Å². The number of benzene rings is 2. The Bertz CT molecular complexity index is 821. The smallest absolute Gasteiger partial charge is 0.320 e. The van der Waals surface area contributed by atoms with Crippen LogP contribution in [0.15, 0.2) is 89.4 Å². The van der Waals surface area contributed by atoms with E-state index >= 15 is 0 Å². The SMILES string of the molecule is CCCO/C(C)=C/C(=C\N(C=O)C(F)F)N=C(c1ccccc1)c1ccccc1. The molecule has 4 nitrogen and oxygen atoms in total. The zero-order valence-electron chi connectivity index (χ0n) is 16.5. The highest BCUT2D eigenvalue weighted by Crippen LogP contribution is 2.17. The van der Waals surface area contributed by atoms with Gasteiger partial charge < -0.3 is 4.74 Å². The number of nitrogens with zero attached hydrogens (tertiary/aromatic N) is 2. The fourth-order valence-electron chi connectivity index (χ4n) is 2.51.